The molecule has 0 bridgehead atoms. The van der Waals surface area contributed by atoms with E-state index in [0.717, 1.165) is 5.92 Å². The van der Waals surface area contributed by atoms with Crippen molar-refractivity contribution in [1.29, 1.82) is 0 Å². The number of hydrogen-bond donors (Lipinski definition) is 1. The van der Waals surface area contributed by atoms with Gasteiger partial charge in [0, 0.05) is 6.54 Å². The van der Waals surface area contributed by atoms with Gasteiger partial charge in [0.05, 0.1) is 0 Å². The van der Waals surface area contributed by atoms with Gasteiger partial charge in [-0.3, -0.25) is 0 Å². The summed E-state index contributed by atoms with van der Waals surface area (Å²) in [5.74, 6) is 0.865. The molecule has 0 aliphatic heterocycles. The van der Waals surface area contributed by atoms with Gasteiger partial charge in [0.15, 0.2) is 0 Å². The maximum Gasteiger partial charge on any atom is 0.00103 e. The third kappa shape index (κ3) is 4.86. The third-order valence-corrected chi connectivity index (χ3v) is 4.30. The van der Waals surface area contributed by atoms with Crippen molar-refractivity contribution >= 4 is 0 Å². The first-order valence-electron chi connectivity index (χ1n) is 7.42. The first-order valence-corrected chi connectivity index (χ1v) is 7.42. The molecule has 0 aromatic carbocycles. The van der Waals surface area contributed by atoms with E-state index in [4.69, 9.17) is 0 Å². The molecule has 1 aliphatic rings. The predicted molar refractivity (Wildman–Crippen MR) is 72.8 cm³/mol. The van der Waals surface area contributed by atoms with Gasteiger partial charge in [-0.2, -0.15) is 0 Å². The smallest absolute Gasteiger partial charge is 0.00103 e. The lowest BCUT2D eigenvalue weighted by molar-refractivity contribution is 0.337. The Balaban J connectivity index is 1.85. The summed E-state index contributed by atoms with van der Waals surface area (Å²) in [6.45, 7) is 9.53. The fourth-order valence-corrected chi connectivity index (χ4v) is 2.49. The van der Waals surface area contributed by atoms with E-state index in [1.54, 1.807) is 0 Å². The van der Waals surface area contributed by atoms with Crippen molar-refractivity contribution in [3.8, 4) is 0 Å². The Bertz CT molecular complexity index is 170. The Morgan fingerprint density at radius 2 is 1.62 bits per heavy atom. The topological polar surface area (TPSA) is 12.0 Å². The molecule has 0 saturated heterocycles. The van der Waals surface area contributed by atoms with Gasteiger partial charge in [-0.05, 0) is 37.1 Å². The summed E-state index contributed by atoms with van der Waals surface area (Å²) < 4.78 is 0. The Morgan fingerprint density at radius 3 is 2.19 bits per heavy atom. The highest BCUT2D eigenvalue weighted by Crippen LogP contribution is 2.51. The second-order valence-corrected chi connectivity index (χ2v) is 5.96. The first kappa shape index (κ1) is 14.0. The van der Waals surface area contributed by atoms with Crippen molar-refractivity contribution in [3.63, 3.8) is 0 Å². The zero-order valence-electron chi connectivity index (χ0n) is 11.6. The monoisotopic (exact) mass is 225 g/mol. The first-order chi connectivity index (χ1) is 7.71. The van der Waals surface area contributed by atoms with Crippen LogP contribution < -0.4 is 5.32 Å². The molecular weight excluding hydrogens is 194 g/mol. The summed E-state index contributed by atoms with van der Waals surface area (Å²) in [6.07, 6.45) is 11.3. The van der Waals surface area contributed by atoms with Gasteiger partial charge in [-0.25, -0.2) is 0 Å². The normalized spacial score (nSPS) is 18.0. The number of hydrogen-bond acceptors (Lipinski definition) is 1. The van der Waals surface area contributed by atoms with E-state index in [1.807, 2.05) is 0 Å². The molecule has 1 heteroatoms. The highest BCUT2D eigenvalue weighted by Gasteiger charge is 2.44. The molecule has 0 radical (unpaired) electrons. The molecule has 0 atom stereocenters. The lowest BCUT2D eigenvalue weighted by Gasteiger charge is -2.20. The Kier molecular flexibility index (Phi) is 6.41. The van der Waals surface area contributed by atoms with E-state index in [9.17, 15) is 0 Å². The maximum absolute atomic E-state index is 3.66. The molecular formula is C15H31N. The van der Waals surface area contributed by atoms with Crippen LogP contribution in [0.3, 0.4) is 0 Å². The molecule has 1 rings (SSSR count). The standard InChI is InChI=1S/C15H31N/c1-4-5-6-7-8-9-12-16-13-15(10-11-15)14(2)3/h14,16H,4-13H2,1-3H3. The van der Waals surface area contributed by atoms with Gasteiger partial charge in [-0.1, -0.05) is 52.9 Å². The van der Waals surface area contributed by atoms with Crippen LogP contribution in [0.1, 0.15) is 72.1 Å². The summed E-state index contributed by atoms with van der Waals surface area (Å²) in [5, 5.41) is 3.66. The molecule has 0 spiro atoms. The number of nitrogens with one attached hydrogen (secondary N) is 1. The maximum atomic E-state index is 3.66. The zero-order valence-corrected chi connectivity index (χ0v) is 11.6. The molecule has 1 aliphatic carbocycles. The molecule has 0 aromatic rings. The highest BCUT2D eigenvalue weighted by atomic mass is 14.9. The molecule has 16 heavy (non-hydrogen) atoms. The summed E-state index contributed by atoms with van der Waals surface area (Å²) >= 11 is 0. The van der Waals surface area contributed by atoms with Crippen molar-refractivity contribution in [1.82, 2.24) is 5.32 Å². The number of rotatable bonds is 10. The summed E-state index contributed by atoms with van der Waals surface area (Å²) in [4.78, 5) is 0. The van der Waals surface area contributed by atoms with Crippen molar-refractivity contribution in [2.45, 2.75) is 72.1 Å². The molecule has 1 nitrogen and oxygen atoms in total. The average molecular weight is 225 g/mol. The lowest BCUT2D eigenvalue weighted by atomic mass is 9.92. The van der Waals surface area contributed by atoms with Crippen molar-refractivity contribution in [3.05, 3.63) is 0 Å². The SMILES string of the molecule is CCCCCCCCNCC1(C(C)C)CC1. The summed E-state index contributed by atoms with van der Waals surface area (Å²) in [5.41, 5.74) is 0.683. The van der Waals surface area contributed by atoms with Crippen LogP contribution in [0.15, 0.2) is 0 Å². The van der Waals surface area contributed by atoms with E-state index in [2.05, 4.69) is 26.1 Å². The molecule has 0 unspecified atom stereocenters. The van der Waals surface area contributed by atoms with Crippen LogP contribution in [0.4, 0.5) is 0 Å². The quantitative estimate of drug-likeness (QED) is 0.544. The fourth-order valence-electron chi connectivity index (χ4n) is 2.49. The van der Waals surface area contributed by atoms with E-state index in [1.165, 1.54) is 64.5 Å². The van der Waals surface area contributed by atoms with Crippen LogP contribution in [-0.4, -0.2) is 13.1 Å². The number of unbranched alkanes of at least 4 members (excludes halogenated alkanes) is 5. The van der Waals surface area contributed by atoms with E-state index in [0.29, 0.717) is 5.41 Å². The van der Waals surface area contributed by atoms with Crippen LogP contribution in [0, 0.1) is 11.3 Å². The van der Waals surface area contributed by atoms with E-state index in [-0.39, 0.29) is 0 Å². The molecule has 0 aromatic heterocycles. The minimum atomic E-state index is 0.683. The van der Waals surface area contributed by atoms with Gasteiger partial charge in [0.1, 0.15) is 0 Å². The molecule has 1 saturated carbocycles. The second kappa shape index (κ2) is 7.32. The third-order valence-electron chi connectivity index (χ3n) is 4.30. The molecule has 96 valence electrons. The van der Waals surface area contributed by atoms with Crippen molar-refractivity contribution in [2.75, 3.05) is 13.1 Å². The molecule has 0 heterocycles. The van der Waals surface area contributed by atoms with Gasteiger partial charge in [0.2, 0.25) is 0 Å². The van der Waals surface area contributed by atoms with Crippen molar-refractivity contribution < 1.29 is 0 Å². The van der Waals surface area contributed by atoms with Crippen LogP contribution in [0.5, 0.6) is 0 Å². The average Bonchev–Trinajstić information content (AvgIpc) is 3.03. The van der Waals surface area contributed by atoms with Crippen LogP contribution in [-0.2, 0) is 0 Å². The Labute approximate surface area is 102 Å². The van der Waals surface area contributed by atoms with Crippen LogP contribution in [0.2, 0.25) is 0 Å². The Morgan fingerprint density at radius 1 is 1.00 bits per heavy atom. The van der Waals surface area contributed by atoms with Gasteiger partial charge >= 0.3 is 0 Å². The zero-order chi connectivity index (χ0) is 11.9. The van der Waals surface area contributed by atoms with E-state index >= 15 is 0 Å². The minimum absolute atomic E-state index is 0.683. The molecule has 1 fully saturated rings. The van der Waals surface area contributed by atoms with Gasteiger partial charge in [0.25, 0.3) is 0 Å². The highest BCUT2D eigenvalue weighted by molar-refractivity contribution is 4.96. The second-order valence-electron chi connectivity index (χ2n) is 5.96. The summed E-state index contributed by atoms with van der Waals surface area (Å²) in [7, 11) is 0. The van der Waals surface area contributed by atoms with Crippen molar-refractivity contribution in [2.24, 2.45) is 11.3 Å². The van der Waals surface area contributed by atoms with Gasteiger partial charge < -0.3 is 5.32 Å². The predicted octanol–water partition coefficient (Wildman–Crippen LogP) is 4.37. The molecule has 0 amide bonds. The molecule has 1 N–H and O–H groups in total. The van der Waals surface area contributed by atoms with E-state index < -0.39 is 0 Å². The largest absolute Gasteiger partial charge is 0.316 e. The minimum Gasteiger partial charge on any atom is -0.316 e. The van der Waals surface area contributed by atoms with Crippen LogP contribution in [0.25, 0.3) is 0 Å². The van der Waals surface area contributed by atoms with Gasteiger partial charge in [-0.15, -0.1) is 0 Å². The Hall–Kier alpha value is -0.0400. The van der Waals surface area contributed by atoms with Crippen LogP contribution >= 0.6 is 0 Å². The summed E-state index contributed by atoms with van der Waals surface area (Å²) in [6, 6.07) is 0. The lowest BCUT2D eigenvalue weighted by Crippen LogP contribution is -2.28. The fraction of sp³-hybridized carbons (Fsp3) is 1.00.